The fourth-order valence-electron chi connectivity index (χ4n) is 3.85. The third-order valence-electron chi connectivity index (χ3n) is 5.34. The number of imidazole rings is 1. The number of unbranched alkanes of at least 4 members (excludes halogenated alkanes) is 2. The molecule has 3 aromatic rings. The molecule has 0 spiro atoms. The van der Waals surface area contributed by atoms with E-state index in [0.717, 1.165) is 37.9 Å². The van der Waals surface area contributed by atoms with E-state index >= 15 is 0 Å². The Labute approximate surface area is 167 Å². The highest BCUT2D eigenvalue weighted by Gasteiger charge is 2.26. The van der Waals surface area contributed by atoms with Crippen molar-refractivity contribution in [2.45, 2.75) is 45.7 Å². The van der Waals surface area contributed by atoms with Gasteiger partial charge in [-0.3, -0.25) is 13.9 Å². The molecule has 2 aromatic heterocycles. The van der Waals surface area contributed by atoms with Gasteiger partial charge in [0, 0.05) is 37.4 Å². The number of anilines is 2. The van der Waals surface area contributed by atoms with Crippen molar-refractivity contribution in [3.63, 3.8) is 0 Å². The molecule has 0 bridgehead atoms. The Morgan fingerprint density at radius 2 is 1.86 bits per heavy atom. The molecule has 1 aromatic carbocycles. The minimum absolute atomic E-state index is 0.245. The molecule has 28 heavy (non-hydrogen) atoms. The van der Waals surface area contributed by atoms with Crippen LogP contribution in [0.25, 0.3) is 11.2 Å². The van der Waals surface area contributed by atoms with Crippen LogP contribution in [0.5, 0.6) is 0 Å². The topological polar surface area (TPSA) is 65.1 Å². The number of hydrogen-bond acceptors (Lipinski definition) is 4. The van der Waals surface area contributed by atoms with Gasteiger partial charge in [0.2, 0.25) is 5.95 Å². The monoisotopic (exact) mass is 401 g/mol. The molecule has 0 radical (unpaired) electrons. The number of halogens is 1. The summed E-state index contributed by atoms with van der Waals surface area (Å²) in [6.07, 6.45) is 3.73. The summed E-state index contributed by atoms with van der Waals surface area (Å²) in [4.78, 5) is 32.7. The Bertz CT molecular complexity index is 1130. The van der Waals surface area contributed by atoms with Crippen LogP contribution in [0.2, 0.25) is 5.02 Å². The van der Waals surface area contributed by atoms with Gasteiger partial charge >= 0.3 is 5.69 Å². The summed E-state index contributed by atoms with van der Waals surface area (Å²) in [5.41, 5.74) is 1.37. The second kappa shape index (κ2) is 7.47. The van der Waals surface area contributed by atoms with Crippen molar-refractivity contribution in [2.75, 3.05) is 11.4 Å². The maximum Gasteiger partial charge on any atom is 0.332 e. The zero-order valence-electron chi connectivity index (χ0n) is 16.2. The zero-order chi connectivity index (χ0) is 19.8. The van der Waals surface area contributed by atoms with Gasteiger partial charge in [-0.1, -0.05) is 31.4 Å². The zero-order valence-corrected chi connectivity index (χ0v) is 16.9. The van der Waals surface area contributed by atoms with Gasteiger partial charge in [-0.2, -0.15) is 4.98 Å². The fraction of sp³-hybridized carbons (Fsp3) is 0.450. The van der Waals surface area contributed by atoms with Gasteiger partial charge in [0.05, 0.1) is 0 Å². The average molecular weight is 402 g/mol. The highest BCUT2D eigenvalue weighted by Crippen LogP contribution is 2.31. The van der Waals surface area contributed by atoms with Crippen molar-refractivity contribution in [2.24, 2.45) is 7.05 Å². The lowest BCUT2D eigenvalue weighted by molar-refractivity contribution is 0.546. The lowest BCUT2D eigenvalue weighted by Crippen LogP contribution is -2.40. The van der Waals surface area contributed by atoms with E-state index in [4.69, 9.17) is 16.6 Å². The largest absolute Gasteiger partial charge is 0.332 e. The maximum atomic E-state index is 13.2. The quantitative estimate of drug-likeness (QED) is 0.615. The Morgan fingerprint density at radius 1 is 1.11 bits per heavy atom. The summed E-state index contributed by atoms with van der Waals surface area (Å²) in [7, 11) is 1.69. The SMILES string of the molecule is CCCCCn1c(=O)c2c(nc3n2CCCN3c2ccc(Cl)cc2)n(C)c1=O. The molecule has 0 saturated heterocycles. The van der Waals surface area contributed by atoms with Crippen molar-refractivity contribution in [1.82, 2.24) is 18.7 Å². The molecule has 8 heteroatoms. The third kappa shape index (κ3) is 3.03. The number of benzene rings is 1. The first-order valence-electron chi connectivity index (χ1n) is 9.76. The number of aromatic nitrogens is 4. The van der Waals surface area contributed by atoms with Crippen LogP contribution < -0.4 is 16.1 Å². The van der Waals surface area contributed by atoms with Crippen molar-refractivity contribution in [3.8, 4) is 0 Å². The van der Waals surface area contributed by atoms with Gasteiger partial charge in [0.1, 0.15) is 0 Å². The highest BCUT2D eigenvalue weighted by molar-refractivity contribution is 6.30. The molecule has 0 aliphatic carbocycles. The Balaban J connectivity index is 1.88. The standard InChI is InChI=1S/C20H24ClN5O2/c1-3-4-5-11-26-18(27)16-17(23(2)20(26)28)22-19-24(12-6-13-25(16)19)15-9-7-14(21)8-10-15/h7-10H,3-6,11-13H2,1-2H3. The summed E-state index contributed by atoms with van der Waals surface area (Å²) in [6.45, 7) is 4.04. The van der Waals surface area contributed by atoms with Crippen molar-refractivity contribution in [1.29, 1.82) is 0 Å². The number of rotatable bonds is 5. The van der Waals surface area contributed by atoms with Crippen LogP contribution in [-0.4, -0.2) is 25.2 Å². The number of hydrogen-bond donors (Lipinski definition) is 0. The van der Waals surface area contributed by atoms with Gasteiger partial charge in [-0.15, -0.1) is 0 Å². The molecular weight excluding hydrogens is 378 g/mol. The molecule has 3 heterocycles. The fourth-order valence-corrected chi connectivity index (χ4v) is 3.97. The van der Waals surface area contributed by atoms with E-state index < -0.39 is 0 Å². The normalized spacial score (nSPS) is 13.9. The van der Waals surface area contributed by atoms with Gasteiger partial charge < -0.3 is 9.47 Å². The predicted molar refractivity (Wildman–Crippen MR) is 112 cm³/mol. The van der Waals surface area contributed by atoms with Gasteiger partial charge in [-0.05, 0) is 37.1 Å². The summed E-state index contributed by atoms with van der Waals surface area (Å²) in [5, 5.41) is 0.673. The number of aryl methyl sites for hydroxylation is 2. The summed E-state index contributed by atoms with van der Waals surface area (Å²) in [5.74, 6) is 0.696. The van der Waals surface area contributed by atoms with Gasteiger partial charge in [0.15, 0.2) is 11.2 Å². The molecule has 0 saturated carbocycles. The first kappa shape index (κ1) is 18.8. The first-order valence-corrected chi connectivity index (χ1v) is 10.1. The first-order chi connectivity index (χ1) is 13.5. The summed E-state index contributed by atoms with van der Waals surface area (Å²) in [6, 6.07) is 7.57. The Morgan fingerprint density at radius 3 is 2.57 bits per heavy atom. The van der Waals surface area contributed by atoms with E-state index in [9.17, 15) is 9.59 Å². The van der Waals surface area contributed by atoms with Crippen LogP contribution in [0, 0.1) is 0 Å². The van der Waals surface area contributed by atoms with E-state index in [1.54, 1.807) is 7.05 Å². The number of nitrogens with zero attached hydrogens (tertiary/aromatic N) is 5. The lowest BCUT2D eigenvalue weighted by Gasteiger charge is -2.29. The molecule has 1 aliphatic heterocycles. The molecule has 0 unspecified atom stereocenters. The van der Waals surface area contributed by atoms with Gasteiger partial charge in [0.25, 0.3) is 5.56 Å². The Hall–Kier alpha value is -2.54. The second-order valence-electron chi connectivity index (χ2n) is 7.22. The van der Waals surface area contributed by atoms with Crippen LogP contribution in [0.4, 0.5) is 11.6 Å². The van der Waals surface area contributed by atoms with Gasteiger partial charge in [-0.25, -0.2) is 4.79 Å². The van der Waals surface area contributed by atoms with Crippen molar-refractivity contribution >= 4 is 34.4 Å². The molecule has 148 valence electrons. The average Bonchev–Trinajstić information content (AvgIpc) is 3.09. The third-order valence-corrected chi connectivity index (χ3v) is 5.59. The minimum atomic E-state index is -0.304. The maximum absolute atomic E-state index is 13.2. The predicted octanol–water partition coefficient (Wildman–Crippen LogP) is 3.28. The van der Waals surface area contributed by atoms with Crippen molar-refractivity contribution < 1.29 is 0 Å². The van der Waals surface area contributed by atoms with Crippen molar-refractivity contribution in [3.05, 3.63) is 50.1 Å². The molecule has 0 fully saturated rings. The molecule has 0 atom stereocenters. The smallest absolute Gasteiger partial charge is 0.312 e. The molecular formula is C20H24ClN5O2. The van der Waals surface area contributed by atoms with Crippen LogP contribution in [0.3, 0.4) is 0 Å². The number of fused-ring (bicyclic) bond motifs is 3. The summed E-state index contributed by atoms with van der Waals surface area (Å²) >= 11 is 6.02. The summed E-state index contributed by atoms with van der Waals surface area (Å²) < 4.78 is 4.80. The molecule has 4 rings (SSSR count). The van der Waals surface area contributed by atoms with Crippen LogP contribution in [-0.2, 0) is 20.1 Å². The van der Waals surface area contributed by atoms with E-state index in [1.807, 2.05) is 28.8 Å². The van der Waals surface area contributed by atoms with Crippen LogP contribution >= 0.6 is 11.6 Å². The molecule has 1 aliphatic rings. The molecule has 0 N–H and O–H groups in total. The highest BCUT2D eigenvalue weighted by atomic mass is 35.5. The van der Waals surface area contributed by atoms with E-state index in [0.29, 0.717) is 35.2 Å². The minimum Gasteiger partial charge on any atom is -0.312 e. The van der Waals surface area contributed by atoms with E-state index in [2.05, 4.69) is 11.8 Å². The second-order valence-corrected chi connectivity index (χ2v) is 7.66. The van der Waals surface area contributed by atoms with E-state index in [-0.39, 0.29) is 11.2 Å². The lowest BCUT2D eigenvalue weighted by atomic mass is 10.2. The van der Waals surface area contributed by atoms with E-state index in [1.165, 1.54) is 9.13 Å². The molecule has 7 nitrogen and oxygen atoms in total. The molecule has 0 amide bonds. The van der Waals surface area contributed by atoms with Crippen LogP contribution in [0.15, 0.2) is 33.9 Å². The Kier molecular flexibility index (Phi) is 5.02. The van der Waals surface area contributed by atoms with Crippen LogP contribution in [0.1, 0.15) is 32.6 Å².